The highest BCUT2D eigenvalue weighted by Gasteiger charge is 2.26. The van der Waals surface area contributed by atoms with E-state index < -0.39 is 0 Å². The topological polar surface area (TPSA) is 38.8 Å². The summed E-state index contributed by atoms with van der Waals surface area (Å²) in [6.07, 6.45) is 1.31. The highest BCUT2D eigenvalue weighted by atomic mass is 16.5. The molecule has 0 radical (unpaired) electrons. The highest BCUT2D eigenvalue weighted by molar-refractivity contribution is 5.89. The molecule has 0 bridgehead atoms. The second-order valence-corrected chi connectivity index (χ2v) is 5.73. The number of carbonyl (C=O) groups excluding carboxylic acids is 1. The first-order chi connectivity index (χ1) is 11.6. The van der Waals surface area contributed by atoms with E-state index >= 15 is 0 Å². The van der Waals surface area contributed by atoms with Crippen molar-refractivity contribution in [3.05, 3.63) is 65.4 Å². The van der Waals surface area contributed by atoms with Crippen LogP contribution in [0.4, 0.5) is 0 Å². The van der Waals surface area contributed by atoms with Gasteiger partial charge in [0.05, 0.1) is 14.2 Å². The molecule has 4 heteroatoms. The van der Waals surface area contributed by atoms with E-state index in [2.05, 4.69) is 0 Å². The molecule has 1 fully saturated rings. The van der Waals surface area contributed by atoms with Crippen LogP contribution in [0.25, 0.3) is 5.57 Å². The normalized spacial score (nSPS) is 14.0. The smallest absolute Gasteiger partial charge is 0.226 e. The van der Waals surface area contributed by atoms with Crippen LogP contribution in [-0.4, -0.2) is 32.1 Å². The van der Waals surface area contributed by atoms with Gasteiger partial charge in [0.15, 0.2) is 0 Å². The lowest BCUT2D eigenvalue weighted by Crippen LogP contribution is -2.18. The molecule has 0 spiro atoms. The maximum atomic E-state index is 12.0. The van der Waals surface area contributed by atoms with Crippen LogP contribution in [0.1, 0.15) is 24.0 Å². The molecule has 4 nitrogen and oxygen atoms in total. The molecule has 0 unspecified atom stereocenters. The van der Waals surface area contributed by atoms with Gasteiger partial charge in [0.1, 0.15) is 11.5 Å². The summed E-state index contributed by atoms with van der Waals surface area (Å²) in [5, 5.41) is 0. The third kappa shape index (κ3) is 3.00. The zero-order valence-electron chi connectivity index (χ0n) is 14.2. The van der Waals surface area contributed by atoms with E-state index in [-0.39, 0.29) is 5.91 Å². The lowest BCUT2D eigenvalue weighted by molar-refractivity contribution is -0.125. The Kier molecular flexibility index (Phi) is 4.56. The van der Waals surface area contributed by atoms with Crippen molar-refractivity contribution in [1.29, 1.82) is 0 Å². The number of likely N-dealkylation sites (tertiary alicyclic amines) is 1. The summed E-state index contributed by atoms with van der Waals surface area (Å²) < 4.78 is 10.5. The van der Waals surface area contributed by atoms with Crippen molar-refractivity contribution in [2.45, 2.75) is 12.8 Å². The van der Waals surface area contributed by atoms with Gasteiger partial charge in [-0.05, 0) is 41.8 Å². The number of benzene rings is 2. The van der Waals surface area contributed by atoms with Gasteiger partial charge in [-0.2, -0.15) is 0 Å². The van der Waals surface area contributed by atoms with E-state index in [0.717, 1.165) is 40.3 Å². The Morgan fingerprint density at radius 3 is 1.62 bits per heavy atom. The molecule has 124 valence electrons. The fraction of sp³-hybridized carbons (Fsp3) is 0.250. The van der Waals surface area contributed by atoms with Crippen LogP contribution in [0.3, 0.4) is 0 Å². The number of nitrogens with zero attached hydrogens (tertiary/aromatic N) is 1. The van der Waals surface area contributed by atoms with Crippen LogP contribution < -0.4 is 9.47 Å². The fourth-order valence-corrected chi connectivity index (χ4v) is 3.02. The van der Waals surface area contributed by atoms with Crippen LogP contribution in [0, 0.1) is 0 Å². The van der Waals surface area contributed by atoms with Crippen LogP contribution >= 0.6 is 0 Å². The largest absolute Gasteiger partial charge is 0.497 e. The van der Waals surface area contributed by atoms with Crippen LogP contribution in [0.5, 0.6) is 11.5 Å². The number of hydrogen-bond donors (Lipinski definition) is 0. The molecule has 0 aromatic heterocycles. The minimum atomic E-state index is 0.157. The van der Waals surface area contributed by atoms with E-state index in [1.54, 1.807) is 19.1 Å². The molecule has 0 atom stereocenters. The number of hydrogen-bond acceptors (Lipinski definition) is 3. The quantitative estimate of drug-likeness (QED) is 0.861. The standard InChI is InChI=1S/C20H21NO3/c1-21-18(12-13-19(21)22)20(14-4-8-16(23-2)9-5-14)15-6-10-17(24-3)11-7-15/h4-11H,12-13H2,1-3H3. The van der Waals surface area contributed by atoms with Gasteiger partial charge >= 0.3 is 0 Å². The number of rotatable bonds is 4. The van der Waals surface area contributed by atoms with Crippen molar-refractivity contribution in [1.82, 2.24) is 4.90 Å². The molecule has 2 aromatic rings. The average Bonchev–Trinajstić information content (AvgIpc) is 2.96. The van der Waals surface area contributed by atoms with Crippen LogP contribution in [0.15, 0.2) is 54.2 Å². The van der Waals surface area contributed by atoms with Crippen molar-refractivity contribution in [2.24, 2.45) is 0 Å². The van der Waals surface area contributed by atoms with Crippen molar-refractivity contribution in [3.8, 4) is 11.5 Å². The molecule has 1 amide bonds. The summed E-state index contributed by atoms with van der Waals surface area (Å²) in [5.74, 6) is 1.78. The van der Waals surface area contributed by atoms with Gasteiger partial charge in [0.25, 0.3) is 0 Å². The van der Waals surface area contributed by atoms with Gasteiger partial charge in [-0.1, -0.05) is 24.3 Å². The number of amides is 1. The Labute approximate surface area is 142 Å². The summed E-state index contributed by atoms with van der Waals surface area (Å²) in [6, 6.07) is 15.9. The van der Waals surface area contributed by atoms with Crippen LogP contribution in [0.2, 0.25) is 0 Å². The zero-order valence-corrected chi connectivity index (χ0v) is 14.2. The summed E-state index contributed by atoms with van der Waals surface area (Å²) in [7, 11) is 5.15. The molecule has 0 saturated carbocycles. The van der Waals surface area contributed by atoms with Crippen molar-refractivity contribution < 1.29 is 14.3 Å². The molecule has 0 aliphatic carbocycles. The Bertz CT molecular complexity index is 711. The van der Waals surface area contributed by atoms with Crippen molar-refractivity contribution in [2.75, 3.05) is 21.3 Å². The van der Waals surface area contributed by atoms with Gasteiger partial charge < -0.3 is 14.4 Å². The SMILES string of the molecule is COc1ccc(C(=C2CCC(=O)N2C)c2ccc(OC)cc2)cc1. The van der Waals surface area contributed by atoms with Gasteiger partial charge in [0, 0.05) is 24.7 Å². The van der Waals surface area contributed by atoms with Gasteiger partial charge in [-0.15, -0.1) is 0 Å². The Balaban J connectivity index is 2.13. The predicted octanol–water partition coefficient (Wildman–Crippen LogP) is 3.72. The number of methoxy groups -OCH3 is 2. The zero-order chi connectivity index (χ0) is 17.1. The first-order valence-corrected chi connectivity index (χ1v) is 7.92. The summed E-state index contributed by atoms with van der Waals surface area (Å²) in [4.78, 5) is 13.8. The van der Waals surface area contributed by atoms with Crippen molar-refractivity contribution in [3.63, 3.8) is 0 Å². The third-order valence-electron chi connectivity index (χ3n) is 4.40. The lowest BCUT2D eigenvalue weighted by atomic mass is 9.94. The second kappa shape index (κ2) is 6.79. The lowest BCUT2D eigenvalue weighted by Gasteiger charge is -2.19. The van der Waals surface area contributed by atoms with E-state index in [4.69, 9.17) is 9.47 Å². The predicted molar refractivity (Wildman–Crippen MR) is 94.0 cm³/mol. The van der Waals surface area contributed by atoms with E-state index in [1.807, 2.05) is 55.6 Å². The van der Waals surface area contributed by atoms with Gasteiger partial charge in [-0.3, -0.25) is 4.79 Å². The van der Waals surface area contributed by atoms with Crippen molar-refractivity contribution >= 4 is 11.5 Å². The molecular formula is C20H21NO3. The van der Waals surface area contributed by atoms with E-state index in [1.165, 1.54) is 0 Å². The number of carbonyl (C=O) groups is 1. The Morgan fingerprint density at radius 2 is 1.29 bits per heavy atom. The maximum absolute atomic E-state index is 12.0. The molecule has 0 N–H and O–H groups in total. The Morgan fingerprint density at radius 1 is 0.833 bits per heavy atom. The number of allylic oxidation sites excluding steroid dienone is 1. The molecule has 1 aliphatic heterocycles. The number of ether oxygens (including phenoxy) is 2. The highest BCUT2D eigenvalue weighted by Crippen LogP contribution is 2.35. The third-order valence-corrected chi connectivity index (χ3v) is 4.40. The van der Waals surface area contributed by atoms with Crippen LogP contribution in [-0.2, 0) is 4.79 Å². The summed E-state index contributed by atoms with van der Waals surface area (Å²) in [5.41, 5.74) is 4.26. The van der Waals surface area contributed by atoms with E-state index in [9.17, 15) is 4.79 Å². The first kappa shape index (κ1) is 16.1. The Hall–Kier alpha value is -2.75. The molecule has 1 aliphatic rings. The average molecular weight is 323 g/mol. The minimum Gasteiger partial charge on any atom is -0.497 e. The molecular weight excluding hydrogens is 302 g/mol. The fourth-order valence-electron chi connectivity index (χ4n) is 3.02. The summed E-state index contributed by atoms with van der Waals surface area (Å²) in [6.45, 7) is 0. The monoisotopic (exact) mass is 323 g/mol. The first-order valence-electron chi connectivity index (χ1n) is 7.92. The minimum absolute atomic E-state index is 0.157. The maximum Gasteiger partial charge on any atom is 0.226 e. The van der Waals surface area contributed by atoms with Gasteiger partial charge in [0.2, 0.25) is 5.91 Å². The molecule has 2 aromatic carbocycles. The molecule has 24 heavy (non-hydrogen) atoms. The van der Waals surface area contributed by atoms with Gasteiger partial charge in [-0.25, -0.2) is 0 Å². The molecule has 1 heterocycles. The molecule has 1 saturated heterocycles. The second-order valence-electron chi connectivity index (χ2n) is 5.73. The summed E-state index contributed by atoms with van der Waals surface area (Å²) >= 11 is 0. The molecule has 3 rings (SSSR count). The van der Waals surface area contributed by atoms with E-state index in [0.29, 0.717) is 6.42 Å².